The largest absolute Gasteiger partial charge is 0.379 e. The quantitative estimate of drug-likeness (QED) is 0.561. The topological polar surface area (TPSA) is 46.2 Å². The normalized spacial score (nSPS) is 17.3. The minimum atomic E-state index is -0.616. The Labute approximate surface area is 57.1 Å². The molecule has 0 rings (SSSR count). The summed E-state index contributed by atoms with van der Waals surface area (Å²) in [6.45, 7) is 4.15. The molecule has 0 fully saturated rings. The molecule has 56 valence electrons. The number of aliphatic hydroxyl groups excluding tert-OH is 1. The van der Waals surface area contributed by atoms with Gasteiger partial charge in [0.2, 0.25) is 0 Å². The molecule has 2 nitrogen and oxygen atoms in total. The Balaban J connectivity index is 3.41. The number of aliphatic hydroxyl groups is 1. The Kier molecular flexibility index (Phi) is 4.72. The Morgan fingerprint density at radius 2 is 2.00 bits per heavy atom. The van der Waals surface area contributed by atoms with Crippen molar-refractivity contribution >= 4 is 0 Å². The Bertz CT molecular complexity index is 63.9. The van der Waals surface area contributed by atoms with Gasteiger partial charge in [-0.05, 0) is 18.8 Å². The predicted molar refractivity (Wildman–Crippen MR) is 38.9 cm³/mol. The Hall–Kier alpha value is -0.0800. The van der Waals surface area contributed by atoms with Crippen molar-refractivity contribution in [3.63, 3.8) is 0 Å². The fourth-order valence-corrected chi connectivity index (χ4v) is 0.987. The molecule has 0 radical (unpaired) electrons. The molecule has 0 aliphatic rings. The number of hydrogen-bond acceptors (Lipinski definition) is 2. The van der Waals surface area contributed by atoms with Gasteiger partial charge in [0.25, 0.3) is 0 Å². The van der Waals surface area contributed by atoms with Crippen LogP contribution in [0.2, 0.25) is 0 Å². The van der Waals surface area contributed by atoms with E-state index in [2.05, 4.69) is 13.8 Å². The van der Waals surface area contributed by atoms with E-state index in [-0.39, 0.29) is 0 Å². The third-order valence-electron chi connectivity index (χ3n) is 1.67. The van der Waals surface area contributed by atoms with Crippen LogP contribution in [-0.2, 0) is 0 Å². The number of nitrogens with two attached hydrogens (primary N) is 1. The van der Waals surface area contributed by atoms with Crippen molar-refractivity contribution in [1.82, 2.24) is 0 Å². The molecule has 0 spiro atoms. The highest BCUT2D eigenvalue weighted by molar-refractivity contribution is 4.60. The molecule has 0 heterocycles. The van der Waals surface area contributed by atoms with Gasteiger partial charge in [0.1, 0.15) is 6.23 Å². The summed E-state index contributed by atoms with van der Waals surface area (Å²) in [7, 11) is 0. The molecular weight excluding hydrogens is 114 g/mol. The summed E-state index contributed by atoms with van der Waals surface area (Å²) in [5, 5.41) is 8.92. The Morgan fingerprint density at radius 3 is 2.11 bits per heavy atom. The maximum absolute atomic E-state index is 8.92. The van der Waals surface area contributed by atoms with Gasteiger partial charge in [-0.3, -0.25) is 0 Å². The number of hydrogen-bond donors (Lipinski definition) is 2. The fraction of sp³-hybridized carbons (Fsp3) is 1.00. The molecule has 3 N–H and O–H groups in total. The highest BCUT2D eigenvalue weighted by Gasteiger charge is 2.10. The van der Waals surface area contributed by atoms with E-state index in [0.717, 1.165) is 19.3 Å². The predicted octanol–water partition coefficient (Wildman–Crippen LogP) is 1.09. The lowest BCUT2D eigenvalue weighted by Crippen LogP contribution is -2.28. The lowest BCUT2D eigenvalue weighted by atomic mass is 9.99. The van der Waals surface area contributed by atoms with E-state index in [9.17, 15) is 0 Å². The van der Waals surface area contributed by atoms with Gasteiger partial charge < -0.3 is 10.8 Å². The van der Waals surface area contributed by atoms with Crippen molar-refractivity contribution in [2.75, 3.05) is 0 Å². The van der Waals surface area contributed by atoms with E-state index in [1.165, 1.54) is 0 Å². The third-order valence-corrected chi connectivity index (χ3v) is 1.67. The second-order valence-corrected chi connectivity index (χ2v) is 2.45. The lowest BCUT2D eigenvalue weighted by Gasteiger charge is -2.15. The van der Waals surface area contributed by atoms with Crippen molar-refractivity contribution < 1.29 is 5.11 Å². The van der Waals surface area contributed by atoms with Gasteiger partial charge in [-0.2, -0.15) is 0 Å². The summed E-state index contributed by atoms with van der Waals surface area (Å²) in [6.07, 6.45) is 2.50. The molecule has 0 amide bonds. The molecule has 0 saturated carbocycles. The van der Waals surface area contributed by atoms with Gasteiger partial charge in [-0.15, -0.1) is 0 Å². The van der Waals surface area contributed by atoms with Gasteiger partial charge in [0.15, 0.2) is 0 Å². The Morgan fingerprint density at radius 1 is 1.44 bits per heavy atom. The van der Waals surface area contributed by atoms with Crippen LogP contribution < -0.4 is 5.73 Å². The first-order valence-electron chi connectivity index (χ1n) is 3.66. The van der Waals surface area contributed by atoms with Crippen molar-refractivity contribution in [1.29, 1.82) is 0 Å². The fourth-order valence-electron chi connectivity index (χ4n) is 0.987. The molecule has 0 bridgehead atoms. The first-order chi connectivity index (χ1) is 4.22. The second-order valence-electron chi connectivity index (χ2n) is 2.45. The highest BCUT2D eigenvalue weighted by Crippen LogP contribution is 2.11. The lowest BCUT2D eigenvalue weighted by molar-refractivity contribution is 0.106. The molecule has 2 heteroatoms. The van der Waals surface area contributed by atoms with E-state index < -0.39 is 6.23 Å². The van der Waals surface area contributed by atoms with E-state index in [4.69, 9.17) is 10.8 Å². The standard InChI is InChI=1S/C7H17NO/c1-3-5-6(4-2)7(8)9/h6-7,9H,3-5,8H2,1-2H3/t6?,7-/m0/s1. The maximum atomic E-state index is 8.92. The van der Waals surface area contributed by atoms with Gasteiger partial charge in [-0.25, -0.2) is 0 Å². The molecule has 9 heavy (non-hydrogen) atoms. The molecule has 0 aromatic carbocycles. The van der Waals surface area contributed by atoms with Crippen molar-refractivity contribution in [2.24, 2.45) is 11.7 Å². The average molecular weight is 131 g/mol. The molecule has 0 aliphatic heterocycles. The monoisotopic (exact) mass is 131 g/mol. The molecule has 0 saturated heterocycles. The molecule has 0 aromatic heterocycles. The van der Waals surface area contributed by atoms with Crippen LogP contribution in [0.15, 0.2) is 0 Å². The van der Waals surface area contributed by atoms with Crippen LogP contribution >= 0.6 is 0 Å². The smallest absolute Gasteiger partial charge is 0.105 e. The zero-order chi connectivity index (χ0) is 7.28. The van der Waals surface area contributed by atoms with Crippen molar-refractivity contribution in [2.45, 2.75) is 39.3 Å². The van der Waals surface area contributed by atoms with Gasteiger partial charge in [-0.1, -0.05) is 20.3 Å². The summed E-state index contributed by atoms with van der Waals surface area (Å²) in [4.78, 5) is 0. The minimum Gasteiger partial charge on any atom is -0.379 e. The van der Waals surface area contributed by atoms with Crippen LogP contribution in [0.4, 0.5) is 0 Å². The molecule has 1 unspecified atom stereocenters. The molecule has 0 aliphatic carbocycles. The van der Waals surface area contributed by atoms with E-state index in [1.807, 2.05) is 0 Å². The SMILES string of the molecule is CCCC(CC)[C@@H](N)O. The number of rotatable bonds is 4. The average Bonchev–Trinajstić information content (AvgIpc) is 1.82. The molecule has 2 atom stereocenters. The summed E-state index contributed by atoms with van der Waals surface area (Å²) in [6, 6.07) is 0. The van der Waals surface area contributed by atoms with Crippen molar-refractivity contribution in [3.05, 3.63) is 0 Å². The van der Waals surface area contributed by atoms with Crippen LogP contribution in [0.3, 0.4) is 0 Å². The molecular formula is C7H17NO. The van der Waals surface area contributed by atoms with Crippen molar-refractivity contribution in [3.8, 4) is 0 Å². The van der Waals surface area contributed by atoms with E-state index in [1.54, 1.807) is 0 Å². The zero-order valence-electron chi connectivity index (χ0n) is 6.30. The van der Waals surface area contributed by atoms with Crippen LogP contribution in [0, 0.1) is 5.92 Å². The first kappa shape index (κ1) is 8.92. The van der Waals surface area contributed by atoms with E-state index in [0.29, 0.717) is 5.92 Å². The van der Waals surface area contributed by atoms with Gasteiger partial charge >= 0.3 is 0 Å². The van der Waals surface area contributed by atoms with Crippen LogP contribution in [0.25, 0.3) is 0 Å². The summed E-state index contributed by atoms with van der Waals surface area (Å²) in [5.74, 6) is 0.301. The van der Waals surface area contributed by atoms with Crippen LogP contribution in [0.5, 0.6) is 0 Å². The third kappa shape index (κ3) is 3.49. The van der Waals surface area contributed by atoms with E-state index >= 15 is 0 Å². The molecule has 0 aromatic rings. The maximum Gasteiger partial charge on any atom is 0.105 e. The van der Waals surface area contributed by atoms with Crippen LogP contribution in [-0.4, -0.2) is 11.3 Å². The summed E-state index contributed by atoms with van der Waals surface area (Å²) < 4.78 is 0. The van der Waals surface area contributed by atoms with Gasteiger partial charge in [0.05, 0.1) is 0 Å². The van der Waals surface area contributed by atoms with Gasteiger partial charge in [0, 0.05) is 0 Å². The highest BCUT2D eigenvalue weighted by atomic mass is 16.3. The van der Waals surface area contributed by atoms with Crippen LogP contribution in [0.1, 0.15) is 33.1 Å². The second kappa shape index (κ2) is 4.77. The minimum absolute atomic E-state index is 0.301. The summed E-state index contributed by atoms with van der Waals surface area (Å²) in [5.41, 5.74) is 5.29. The summed E-state index contributed by atoms with van der Waals surface area (Å²) >= 11 is 0. The zero-order valence-corrected chi connectivity index (χ0v) is 6.30. The first-order valence-corrected chi connectivity index (χ1v) is 3.66.